The Bertz CT molecular complexity index is 434. The molecule has 18 heavy (non-hydrogen) atoms. The topological polar surface area (TPSA) is 96.2 Å². The van der Waals surface area contributed by atoms with Gasteiger partial charge in [-0.3, -0.25) is 4.79 Å². The molecule has 1 aromatic carbocycles. The van der Waals surface area contributed by atoms with Gasteiger partial charge in [-0.15, -0.1) is 0 Å². The van der Waals surface area contributed by atoms with Crippen molar-refractivity contribution in [1.82, 2.24) is 5.32 Å². The predicted octanol–water partition coefficient (Wildman–Crippen LogP) is 1.11. The molecule has 0 radical (unpaired) electrons. The van der Waals surface area contributed by atoms with Crippen LogP contribution in [0.25, 0.3) is 0 Å². The lowest BCUT2D eigenvalue weighted by Crippen LogP contribution is -2.34. The van der Waals surface area contributed by atoms with Crippen LogP contribution in [0.4, 0.5) is 16.2 Å². The SMILES string of the molecule is CC[C@H](N)C(=O)Nc1cccc(NC(=O)NC)c1. The highest BCUT2D eigenvalue weighted by atomic mass is 16.2. The number of nitrogens with one attached hydrogen (secondary N) is 3. The van der Waals surface area contributed by atoms with Crippen LogP contribution in [-0.4, -0.2) is 25.0 Å². The molecule has 5 N–H and O–H groups in total. The van der Waals surface area contributed by atoms with Gasteiger partial charge in [0.25, 0.3) is 0 Å². The lowest BCUT2D eigenvalue weighted by atomic mass is 10.2. The summed E-state index contributed by atoms with van der Waals surface area (Å²) in [7, 11) is 1.53. The second-order valence-corrected chi connectivity index (χ2v) is 3.79. The van der Waals surface area contributed by atoms with Gasteiger partial charge in [0.05, 0.1) is 6.04 Å². The summed E-state index contributed by atoms with van der Waals surface area (Å²) in [6, 6.07) is 6.01. The molecule has 1 aromatic rings. The van der Waals surface area contributed by atoms with Crippen LogP contribution in [0.3, 0.4) is 0 Å². The Kier molecular flexibility index (Phi) is 5.13. The van der Waals surface area contributed by atoms with Gasteiger partial charge in [-0.1, -0.05) is 13.0 Å². The Labute approximate surface area is 106 Å². The Morgan fingerprint density at radius 1 is 1.28 bits per heavy atom. The van der Waals surface area contributed by atoms with Crippen LogP contribution in [0.5, 0.6) is 0 Å². The third-order valence-electron chi connectivity index (χ3n) is 2.39. The van der Waals surface area contributed by atoms with E-state index >= 15 is 0 Å². The molecule has 1 rings (SSSR count). The van der Waals surface area contributed by atoms with Gasteiger partial charge < -0.3 is 21.7 Å². The zero-order valence-corrected chi connectivity index (χ0v) is 10.5. The van der Waals surface area contributed by atoms with E-state index in [4.69, 9.17) is 5.73 Å². The first-order valence-electron chi connectivity index (χ1n) is 5.72. The molecule has 98 valence electrons. The van der Waals surface area contributed by atoms with Crippen molar-refractivity contribution in [2.24, 2.45) is 5.73 Å². The van der Waals surface area contributed by atoms with E-state index in [1.54, 1.807) is 24.3 Å². The molecule has 1 atom stereocenters. The molecule has 0 unspecified atom stereocenters. The number of benzene rings is 1. The highest BCUT2D eigenvalue weighted by molar-refractivity contribution is 5.96. The number of carbonyl (C=O) groups excluding carboxylic acids is 2. The maximum atomic E-state index is 11.6. The van der Waals surface area contributed by atoms with E-state index in [9.17, 15) is 9.59 Å². The Hall–Kier alpha value is -2.08. The molecule has 0 aliphatic heterocycles. The first-order valence-corrected chi connectivity index (χ1v) is 5.72. The second kappa shape index (κ2) is 6.61. The van der Waals surface area contributed by atoms with E-state index in [2.05, 4.69) is 16.0 Å². The molecule has 0 saturated heterocycles. The van der Waals surface area contributed by atoms with E-state index in [0.717, 1.165) is 0 Å². The molecule has 0 aliphatic rings. The molecule has 0 fully saturated rings. The van der Waals surface area contributed by atoms with Crippen LogP contribution in [0.15, 0.2) is 24.3 Å². The summed E-state index contributed by atoms with van der Waals surface area (Å²) in [5, 5.41) is 7.75. The molecule has 0 heterocycles. The largest absolute Gasteiger partial charge is 0.341 e. The van der Waals surface area contributed by atoms with Crippen molar-refractivity contribution in [1.29, 1.82) is 0 Å². The molecule has 0 spiro atoms. The van der Waals surface area contributed by atoms with Crippen LogP contribution in [0.1, 0.15) is 13.3 Å². The van der Waals surface area contributed by atoms with E-state index in [1.807, 2.05) is 6.92 Å². The molecule has 0 aliphatic carbocycles. The number of hydrogen-bond acceptors (Lipinski definition) is 3. The fourth-order valence-electron chi connectivity index (χ4n) is 1.29. The van der Waals surface area contributed by atoms with Crippen LogP contribution in [0.2, 0.25) is 0 Å². The van der Waals surface area contributed by atoms with Gasteiger partial charge in [-0.05, 0) is 24.6 Å². The first-order chi connectivity index (χ1) is 8.56. The first kappa shape index (κ1) is 14.0. The van der Waals surface area contributed by atoms with Gasteiger partial charge in [0.2, 0.25) is 5.91 Å². The summed E-state index contributed by atoms with van der Waals surface area (Å²) < 4.78 is 0. The minimum absolute atomic E-state index is 0.241. The van der Waals surface area contributed by atoms with E-state index in [1.165, 1.54) is 7.05 Å². The van der Waals surface area contributed by atoms with Crippen molar-refractivity contribution in [2.45, 2.75) is 19.4 Å². The monoisotopic (exact) mass is 250 g/mol. The number of carbonyl (C=O) groups is 2. The van der Waals surface area contributed by atoms with Gasteiger partial charge in [0.15, 0.2) is 0 Å². The second-order valence-electron chi connectivity index (χ2n) is 3.79. The van der Waals surface area contributed by atoms with Gasteiger partial charge in [0.1, 0.15) is 0 Å². The molecule has 3 amide bonds. The Morgan fingerprint density at radius 2 is 1.89 bits per heavy atom. The normalized spacial score (nSPS) is 11.5. The maximum absolute atomic E-state index is 11.6. The zero-order valence-electron chi connectivity index (χ0n) is 10.5. The molecule has 0 saturated carbocycles. The standard InChI is InChI=1S/C12H18N4O2/c1-3-10(13)11(17)15-8-5-4-6-9(7-8)16-12(18)14-2/h4-7,10H,3,13H2,1-2H3,(H,15,17)(H2,14,16,18)/t10-/m0/s1. The predicted molar refractivity (Wildman–Crippen MR) is 71.4 cm³/mol. The Balaban J connectivity index is 2.70. The zero-order chi connectivity index (χ0) is 13.5. The average molecular weight is 250 g/mol. The van der Waals surface area contributed by atoms with Gasteiger partial charge >= 0.3 is 6.03 Å². The summed E-state index contributed by atoms with van der Waals surface area (Å²) in [5.74, 6) is -0.241. The number of urea groups is 1. The number of amides is 3. The molecular formula is C12H18N4O2. The van der Waals surface area contributed by atoms with E-state index in [0.29, 0.717) is 17.8 Å². The Morgan fingerprint density at radius 3 is 2.44 bits per heavy atom. The van der Waals surface area contributed by atoms with Gasteiger partial charge in [-0.2, -0.15) is 0 Å². The summed E-state index contributed by atoms with van der Waals surface area (Å²) in [6.07, 6.45) is 0.571. The van der Waals surface area contributed by atoms with Crippen molar-refractivity contribution in [3.8, 4) is 0 Å². The van der Waals surface area contributed by atoms with Crippen molar-refractivity contribution >= 4 is 23.3 Å². The molecule has 6 heteroatoms. The average Bonchev–Trinajstić information content (AvgIpc) is 2.37. The van der Waals surface area contributed by atoms with Crippen molar-refractivity contribution in [2.75, 3.05) is 17.7 Å². The molecule has 0 bridgehead atoms. The van der Waals surface area contributed by atoms with Crippen LogP contribution in [0, 0.1) is 0 Å². The maximum Gasteiger partial charge on any atom is 0.318 e. The van der Waals surface area contributed by atoms with E-state index in [-0.39, 0.29) is 11.9 Å². The quantitative estimate of drug-likeness (QED) is 0.644. The van der Waals surface area contributed by atoms with Crippen LogP contribution < -0.4 is 21.7 Å². The molecule has 6 nitrogen and oxygen atoms in total. The summed E-state index contributed by atoms with van der Waals surface area (Å²) in [4.78, 5) is 22.7. The van der Waals surface area contributed by atoms with Crippen LogP contribution in [-0.2, 0) is 4.79 Å². The third kappa shape index (κ3) is 4.06. The van der Waals surface area contributed by atoms with Crippen molar-refractivity contribution in [3.05, 3.63) is 24.3 Å². The molecule has 0 aromatic heterocycles. The summed E-state index contributed by atoms with van der Waals surface area (Å²) in [6.45, 7) is 1.84. The third-order valence-corrected chi connectivity index (χ3v) is 2.39. The van der Waals surface area contributed by atoms with Crippen molar-refractivity contribution < 1.29 is 9.59 Å². The number of hydrogen-bond donors (Lipinski definition) is 4. The fourth-order valence-corrected chi connectivity index (χ4v) is 1.29. The molecular weight excluding hydrogens is 232 g/mol. The van der Waals surface area contributed by atoms with Crippen LogP contribution >= 0.6 is 0 Å². The van der Waals surface area contributed by atoms with Gasteiger partial charge in [0, 0.05) is 18.4 Å². The number of anilines is 2. The lowest BCUT2D eigenvalue weighted by Gasteiger charge is -2.11. The highest BCUT2D eigenvalue weighted by Crippen LogP contribution is 2.15. The summed E-state index contributed by atoms with van der Waals surface area (Å²) >= 11 is 0. The smallest absolute Gasteiger partial charge is 0.318 e. The van der Waals surface area contributed by atoms with Crippen molar-refractivity contribution in [3.63, 3.8) is 0 Å². The summed E-state index contributed by atoms with van der Waals surface area (Å²) in [5.41, 5.74) is 6.80. The van der Waals surface area contributed by atoms with Gasteiger partial charge in [-0.25, -0.2) is 4.79 Å². The minimum Gasteiger partial charge on any atom is -0.341 e. The number of nitrogens with two attached hydrogens (primary N) is 1. The number of rotatable bonds is 4. The fraction of sp³-hybridized carbons (Fsp3) is 0.333. The lowest BCUT2D eigenvalue weighted by molar-refractivity contribution is -0.117. The minimum atomic E-state index is -0.527. The highest BCUT2D eigenvalue weighted by Gasteiger charge is 2.11. The van der Waals surface area contributed by atoms with E-state index < -0.39 is 6.04 Å².